The number of anilines is 1. The molecule has 30 heavy (non-hydrogen) atoms. The maximum atomic E-state index is 12.9. The minimum atomic E-state index is -0.400. The second kappa shape index (κ2) is 8.59. The molecule has 0 fully saturated rings. The van der Waals surface area contributed by atoms with Gasteiger partial charge in [0, 0.05) is 53.3 Å². The van der Waals surface area contributed by atoms with Crippen LogP contribution >= 0.6 is 11.8 Å². The average molecular weight is 420 g/mol. The molecule has 1 aromatic heterocycles. The fourth-order valence-electron chi connectivity index (χ4n) is 3.45. The number of thioether (sulfide) groups is 1. The van der Waals surface area contributed by atoms with Gasteiger partial charge in [-0.15, -0.1) is 0 Å². The number of nitrogens with zero attached hydrogens (tertiary/aromatic N) is 1. The van der Waals surface area contributed by atoms with E-state index in [4.69, 9.17) is 0 Å². The smallest absolute Gasteiger partial charge is 0.256 e. The summed E-state index contributed by atoms with van der Waals surface area (Å²) in [6, 6.07) is 15.3. The van der Waals surface area contributed by atoms with Crippen LogP contribution in [0.25, 0.3) is 10.9 Å². The Labute approximate surface area is 178 Å². The number of hydrogen-bond acceptors (Lipinski definition) is 4. The van der Waals surface area contributed by atoms with E-state index >= 15 is 0 Å². The van der Waals surface area contributed by atoms with Gasteiger partial charge in [-0.2, -0.15) is 11.8 Å². The summed E-state index contributed by atoms with van der Waals surface area (Å²) in [5.74, 6) is 1.45. The maximum absolute atomic E-state index is 12.9. The topological polar surface area (TPSA) is 82.3 Å². The Morgan fingerprint density at radius 1 is 1.13 bits per heavy atom. The Bertz CT molecular complexity index is 1220. The number of H-pyrrole nitrogens is 1. The first-order valence-electron chi connectivity index (χ1n) is 9.56. The van der Waals surface area contributed by atoms with Crippen molar-refractivity contribution in [3.8, 4) is 0 Å². The van der Waals surface area contributed by atoms with E-state index in [1.807, 2.05) is 17.8 Å². The lowest BCUT2D eigenvalue weighted by Gasteiger charge is -2.18. The van der Waals surface area contributed by atoms with E-state index in [0.717, 1.165) is 11.5 Å². The van der Waals surface area contributed by atoms with E-state index in [-0.39, 0.29) is 17.0 Å². The van der Waals surface area contributed by atoms with Crippen LogP contribution in [0.5, 0.6) is 0 Å². The van der Waals surface area contributed by atoms with Gasteiger partial charge in [0.1, 0.15) is 0 Å². The highest BCUT2D eigenvalue weighted by Crippen LogP contribution is 2.20. The first-order chi connectivity index (χ1) is 14.5. The fraction of sp³-hybridized carbons (Fsp3) is 0.174. The van der Waals surface area contributed by atoms with Crippen LogP contribution in [0.3, 0.4) is 0 Å². The van der Waals surface area contributed by atoms with Crippen molar-refractivity contribution in [2.24, 2.45) is 0 Å². The molecule has 2 N–H and O–H groups in total. The molecule has 0 bridgehead atoms. The van der Waals surface area contributed by atoms with Crippen molar-refractivity contribution in [2.75, 3.05) is 30.4 Å². The highest BCUT2D eigenvalue weighted by atomic mass is 32.2. The molecule has 3 aromatic rings. The molecule has 0 radical (unpaired) electrons. The number of aromatic nitrogens is 1. The number of benzene rings is 2. The van der Waals surface area contributed by atoms with E-state index in [2.05, 4.69) is 16.4 Å². The molecule has 0 atom stereocenters. The lowest BCUT2D eigenvalue weighted by atomic mass is 10.1. The van der Waals surface area contributed by atoms with Crippen LogP contribution in [-0.2, 0) is 0 Å². The fourth-order valence-corrected chi connectivity index (χ4v) is 4.40. The summed E-state index contributed by atoms with van der Waals surface area (Å²) in [7, 11) is 1.78. The third-order valence-corrected chi connectivity index (χ3v) is 5.90. The van der Waals surface area contributed by atoms with Gasteiger partial charge >= 0.3 is 0 Å². The third-order valence-electron chi connectivity index (χ3n) is 4.93. The highest BCUT2D eigenvalue weighted by Gasteiger charge is 2.17. The van der Waals surface area contributed by atoms with Gasteiger partial charge in [-0.3, -0.25) is 14.4 Å². The van der Waals surface area contributed by atoms with Crippen molar-refractivity contribution in [1.29, 1.82) is 0 Å². The quantitative estimate of drug-likeness (QED) is 0.620. The van der Waals surface area contributed by atoms with Gasteiger partial charge in [-0.25, -0.2) is 0 Å². The predicted molar refractivity (Wildman–Crippen MR) is 121 cm³/mol. The number of rotatable bonds is 5. The van der Waals surface area contributed by atoms with E-state index < -0.39 is 5.91 Å². The monoisotopic (exact) mass is 419 g/mol. The molecule has 0 saturated heterocycles. The zero-order valence-electron chi connectivity index (χ0n) is 16.5. The molecule has 2 amide bonds. The molecule has 6 nitrogen and oxygen atoms in total. The molecule has 1 aliphatic rings. The molecule has 2 heterocycles. The SMILES string of the molecule is CN(CC1=CCSC1)C(=O)c1cccc(NC(=O)c2cc(=O)[nH]c3ccccc23)c1. The maximum Gasteiger partial charge on any atom is 0.256 e. The summed E-state index contributed by atoms with van der Waals surface area (Å²) in [6.07, 6.45) is 2.16. The van der Waals surface area contributed by atoms with Crippen molar-refractivity contribution in [3.63, 3.8) is 0 Å². The number of para-hydroxylation sites is 1. The minimum absolute atomic E-state index is 0.106. The largest absolute Gasteiger partial charge is 0.338 e. The predicted octanol–water partition coefficient (Wildman–Crippen LogP) is 3.53. The number of hydrogen-bond donors (Lipinski definition) is 2. The van der Waals surface area contributed by atoms with Gasteiger partial charge in [0.05, 0.1) is 5.56 Å². The number of carbonyl (C=O) groups is 2. The Morgan fingerprint density at radius 3 is 2.77 bits per heavy atom. The molecule has 0 saturated carbocycles. The van der Waals surface area contributed by atoms with Gasteiger partial charge in [-0.1, -0.05) is 30.3 Å². The van der Waals surface area contributed by atoms with Gasteiger partial charge in [0.25, 0.3) is 11.8 Å². The van der Waals surface area contributed by atoms with Crippen LogP contribution in [0.1, 0.15) is 20.7 Å². The van der Waals surface area contributed by atoms with Crippen LogP contribution in [-0.4, -0.2) is 46.8 Å². The summed E-state index contributed by atoms with van der Waals surface area (Å²) in [4.78, 5) is 42.0. The Balaban J connectivity index is 1.54. The third kappa shape index (κ3) is 4.31. The van der Waals surface area contributed by atoms with E-state index in [0.29, 0.717) is 28.7 Å². The molecular weight excluding hydrogens is 398 g/mol. The Kier molecular flexibility index (Phi) is 5.72. The molecule has 1 aliphatic heterocycles. The summed E-state index contributed by atoms with van der Waals surface area (Å²) >= 11 is 1.84. The molecule has 0 unspecified atom stereocenters. The van der Waals surface area contributed by atoms with Crippen LogP contribution in [0.2, 0.25) is 0 Å². The van der Waals surface area contributed by atoms with Crippen LogP contribution in [0, 0.1) is 0 Å². The normalized spacial score (nSPS) is 13.2. The molecule has 4 rings (SSSR count). The molecule has 7 heteroatoms. The lowest BCUT2D eigenvalue weighted by molar-refractivity contribution is 0.0806. The van der Waals surface area contributed by atoms with Gasteiger partial charge < -0.3 is 15.2 Å². The van der Waals surface area contributed by atoms with Crippen molar-refractivity contribution >= 4 is 40.2 Å². The first-order valence-corrected chi connectivity index (χ1v) is 10.7. The number of carbonyl (C=O) groups excluding carboxylic acids is 2. The second-order valence-corrected chi connectivity index (χ2v) is 8.20. The molecule has 2 aromatic carbocycles. The number of aromatic amines is 1. The van der Waals surface area contributed by atoms with Crippen molar-refractivity contribution < 1.29 is 9.59 Å². The summed E-state index contributed by atoms with van der Waals surface area (Å²) in [5.41, 5.74) is 2.79. The Hall–Kier alpha value is -3.32. The minimum Gasteiger partial charge on any atom is -0.338 e. The highest BCUT2D eigenvalue weighted by molar-refractivity contribution is 7.99. The lowest BCUT2D eigenvalue weighted by Crippen LogP contribution is -2.29. The number of likely N-dealkylation sites (N-methyl/N-ethyl adjacent to an activating group) is 1. The van der Waals surface area contributed by atoms with E-state index in [1.54, 1.807) is 54.4 Å². The zero-order chi connectivity index (χ0) is 21.1. The number of pyridine rings is 1. The summed E-state index contributed by atoms with van der Waals surface area (Å²) < 4.78 is 0. The molecule has 152 valence electrons. The Morgan fingerprint density at radius 2 is 1.97 bits per heavy atom. The van der Waals surface area contributed by atoms with E-state index in [1.165, 1.54) is 11.6 Å². The zero-order valence-corrected chi connectivity index (χ0v) is 17.3. The van der Waals surface area contributed by atoms with Gasteiger partial charge in [-0.05, 0) is 29.8 Å². The number of nitrogens with one attached hydrogen (secondary N) is 2. The standard InChI is InChI=1S/C23H21N3O3S/c1-26(13-15-9-10-30-14-15)23(29)16-5-4-6-17(11-16)24-22(28)19-12-21(27)25-20-8-3-2-7-18(19)20/h2-9,11-12H,10,13-14H2,1H3,(H,24,28)(H,25,27). The second-order valence-electron chi connectivity index (χ2n) is 7.17. The molecular formula is C23H21N3O3S. The molecule has 0 aliphatic carbocycles. The van der Waals surface area contributed by atoms with Crippen molar-refractivity contribution in [1.82, 2.24) is 9.88 Å². The first kappa shape index (κ1) is 20.0. The average Bonchev–Trinajstić information content (AvgIpc) is 3.25. The summed E-state index contributed by atoms with van der Waals surface area (Å²) in [6.45, 7) is 0.598. The van der Waals surface area contributed by atoms with Gasteiger partial charge in [0.2, 0.25) is 5.56 Å². The van der Waals surface area contributed by atoms with E-state index in [9.17, 15) is 14.4 Å². The summed E-state index contributed by atoms with van der Waals surface area (Å²) in [5, 5.41) is 3.46. The number of amides is 2. The number of fused-ring (bicyclic) bond motifs is 1. The van der Waals surface area contributed by atoms with Crippen LogP contribution < -0.4 is 10.9 Å². The van der Waals surface area contributed by atoms with Gasteiger partial charge in [0.15, 0.2) is 0 Å². The van der Waals surface area contributed by atoms with Crippen LogP contribution in [0.4, 0.5) is 5.69 Å². The van der Waals surface area contributed by atoms with Crippen molar-refractivity contribution in [2.45, 2.75) is 0 Å². The van der Waals surface area contributed by atoms with Crippen LogP contribution in [0.15, 0.2) is 71.0 Å². The molecule has 0 spiro atoms. The van der Waals surface area contributed by atoms with Crippen molar-refractivity contribution in [3.05, 3.63) is 87.7 Å².